The highest BCUT2D eigenvalue weighted by Gasteiger charge is 2.31. The molecule has 2 aliphatic rings. The van der Waals surface area contributed by atoms with Crippen molar-refractivity contribution in [3.05, 3.63) is 59.2 Å². The third-order valence-electron chi connectivity index (χ3n) is 6.88. The molecule has 2 aliphatic heterocycles. The van der Waals surface area contributed by atoms with E-state index in [9.17, 15) is 14.7 Å². The molecular weight excluding hydrogens is 458 g/mol. The van der Waals surface area contributed by atoms with Crippen molar-refractivity contribution in [2.75, 3.05) is 39.4 Å². The molecule has 0 unspecified atom stereocenters. The van der Waals surface area contributed by atoms with Gasteiger partial charge in [-0.25, -0.2) is 4.79 Å². The van der Waals surface area contributed by atoms with Gasteiger partial charge < -0.3 is 19.5 Å². The van der Waals surface area contributed by atoms with Gasteiger partial charge in [-0.15, -0.1) is 0 Å². The monoisotopic (exact) mass is 495 g/mol. The predicted molar refractivity (Wildman–Crippen MR) is 137 cm³/mol. The first-order chi connectivity index (χ1) is 17.3. The molecule has 8 heteroatoms. The van der Waals surface area contributed by atoms with Crippen LogP contribution in [0.5, 0.6) is 11.5 Å². The van der Waals surface area contributed by atoms with Crippen LogP contribution >= 0.6 is 0 Å². The number of nitrogens with one attached hydrogen (secondary N) is 1. The summed E-state index contributed by atoms with van der Waals surface area (Å²) in [5.74, 6) is 1.37. The zero-order valence-electron chi connectivity index (χ0n) is 21.3. The lowest BCUT2D eigenvalue weighted by molar-refractivity contribution is -0.118. The second-order valence-corrected chi connectivity index (χ2v) is 10.0. The van der Waals surface area contributed by atoms with Crippen molar-refractivity contribution in [2.24, 2.45) is 0 Å². The summed E-state index contributed by atoms with van der Waals surface area (Å²) in [4.78, 5) is 26.6. The SMILES string of the molecule is Cc1ccc(OC[C@]2(O)CCCN(Cc3ccc(OCCCN4CC(=O)NC4=O)cc3)CC2)c(C)c1. The molecule has 2 heterocycles. The number of hydrogen-bond acceptors (Lipinski definition) is 6. The number of nitrogens with zero attached hydrogens (tertiary/aromatic N) is 2. The quantitative estimate of drug-likeness (QED) is 0.388. The number of benzene rings is 2. The normalized spacial score (nSPS) is 20.8. The minimum absolute atomic E-state index is 0.126. The van der Waals surface area contributed by atoms with Crippen molar-refractivity contribution in [2.45, 2.75) is 51.7 Å². The van der Waals surface area contributed by atoms with Gasteiger partial charge in [0.1, 0.15) is 24.7 Å². The Balaban J connectivity index is 1.19. The summed E-state index contributed by atoms with van der Waals surface area (Å²) in [6, 6.07) is 13.9. The zero-order chi connectivity index (χ0) is 25.5. The molecule has 2 N–H and O–H groups in total. The highest BCUT2D eigenvalue weighted by atomic mass is 16.5. The number of imide groups is 1. The smallest absolute Gasteiger partial charge is 0.324 e. The van der Waals surface area contributed by atoms with E-state index in [2.05, 4.69) is 35.3 Å². The molecule has 8 nitrogen and oxygen atoms in total. The summed E-state index contributed by atoms with van der Waals surface area (Å²) >= 11 is 0. The first-order valence-corrected chi connectivity index (χ1v) is 12.7. The van der Waals surface area contributed by atoms with Gasteiger partial charge in [0, 0.05) is 19.6 Å². The Morgan fingerprint density at radius 1 is 1.03 bits per heavy atom. The molecule has 0 radical (unpaired) electrons. The summed E-state index contributed by atoms with van der Waals surface area (Å²) in [7, 11) is 0. The van der Waals surface area contributed by atoms with Crippen LogP contribution in [0.2, 0.25) is 0 Å². The summed E-state index contributed by atoms with van der Waals surface area (Å²) in [6.07, 6.45) is 3.00. The van der Waals surface area contributed by atoms with Crippen molar-refractivity contribution in [1.82, 2.24) is 15.1 Å². The van der Waals surface area contributed by atoms with Gasteiger partial charge in [-0.2, -0.15) is 0 Å². The van der Waals surface area contributed by atoms with Crippen LogP contribution in [0.1, 0.15) is 42.4 Å². The molecule has 0 bridgehead atoms. The van der Waals surface area contributed by atoms with E-state index in [0.717, 1.165) is 49.5 Å². The van der Waals surface area contributed by atoms with E-state index in [4.69, 9.17) is 9.47 Å². The van der Waals surface area contributed by atoms with Gasteiger partial charge in [-0.3, -0.25) is 15.0 Å². The Kier molecular flexibility index (Phi) is 8.48. The number of aliphatic hydroxyl groups is 1. The van der Waals surface area contributed by atoms with Crippen molar-refractivity contribution in [3.63, 3.8) is 0 Å². The van der Waals surface area contributed by atoms with E-state index in [1.165, 1.54) is 16.0 Å². The van der Waals surface area contributed by atoms with E-state index in [1.807, 2.05) is 31.2 Å². The number of hydrogen-bond donors (Lipinski definition) is 2. The van der Waals surface area contributed by atoms with Gasteiger partial charge >= 0.3 is 6.03 Å². The average Bonchev–Trinajstić information content (AvgIpc) is 3.05. The van der Waals surface area contributed by atoms with E-state index in [-0.39, 0.29) is 18.5 Å². The summed E-state index contributed by atoms with van der Waals surface area (Å²) in [5, 5.41) is 13.4. The fourth-order valence-corrected chi connectivity index (χ4v) is 4.77. The molecule has 0 aromatic heterocycles. The van der Waals surface area contributed by atoms with Gasteiger partial charge in [0.15, 0.2) is 0 Å². The maximum atomic E-state index is 11.5. The molecule has 3 amide bonds. The second-order valence-electron chi connectivity index (χ2n) is 10.0. The van der Waals surface area contributed by atoms with Crippen molar-refractivity contribution >= 4 is 11.9 Å². The number of carbonyl (C=O) groups excluding carboxylic acids is 2. The first kappa shape index (κ1) is 26.0. The van der Waals surface area contributed by atoms with E-state index < -0.39 is 5.60 Å². The van der Waals surface area contributed by atoms with Crippen LogP contribution in [0.3, 0.4) is 0 Å². The largest absolute Gasteiger partial charge is 0.494 e. The van der Waals surface area contributed by atoms with Crippen molar-refractivity contribution in [1.29, 1.82) is 0 Å². The Morgan fingerprint density at radius 2 is 1.83 bits per heavy atom. The molecule has 0 spiro atoms. The molecule has 36 heavy (non-hydrogen) atoms. The number of amides is 3. The van der Waals surface area contributed by atoms with Crippen LogP contribution < -0.4 is 14.8 Å². The highest BCUT2D eigenvalue weighted by molar-refractivity contribution is 6.01. The van der Waals surface area contributed by atoms with Crippen LogP contribution in [0.15, 0.2) is 42.5 Å². The van der Waals surface area contributed by atoms with Gasteiger partial charge in [0.25, 0.3) is 0 Å². The summed E-state index contributed by atoms with van der Waals surface area (Å²) in [6.45, 7) is 8.10. The van der Waals surface area contributed by atoms with Crippen LogP contribution in [0, 0.1) is 13.8 Å². The standard InChI is InChI=1S/C28H37N3O5/c1-21-5-10-25(22(2)17-21)36-20-28(34)11-3-13-30(15-12-28)18-23-6-8-24(9-7-23)35-16-4-14-31-19-26(32)29-27(31)33/h5-10,17,34H,3-4,11-16,18-20H2,1-2H3,(H,29,32,33)/t28-/m0/s1. The van der Waals surface area contributed by atoms with Gasteiger partial charge in [0.2, 0.25) is 5.91 Å². The average molecular weight is 496 g/mol. The molecule has 2 saturated heterocycles. The van der Waals surface area contributed by atoms with Crippen LogP contribution in [0.4, 0.5) is 4.79 Å². The maximum absolute atomic E-state index is 11.5. The first-order valence-electron chi connectivity index (χ1n) is 12.7. The minimum Gasteiger partial charge on any atom is -0.494 e. The Morgan fingerprint density at radius 3 is 2.56 bits per heavy atom. The Hall–Kier alpha value is -3.10. The van der Waals surface area contributed by atoms with Gasteiger partial charge in [-0.1, -0.05) is 29.8 Å². The lowest BCUT2D eigenvalue weighted by Crippen LogP contribution is -2.37. The lowest BCUT2D eigenvalue weighted by Gasteiger charge is -2.27. The molecule has 2 fully saturated rings. The highest BCUT2D eigenvalue weighted by Crippen LogP contribution is 2.27. The van der Waals surface area contributed by atoms with Crippen LogP contribution in [0.25, 0.3) is 0 Å². The van der Waals surface area contributed by atoms with Crippen LogP contribution in [-0.2, 0) is 11.3 Å². The van der Waals surface area contributed by atoms with Gasteiger partial charge in [-0.05, 0) is 75.4 Å². The number of aryl methyl sites for hydroxylation is 2. The predicted octanol–water partition coefficient (Wildman–Crippen LogP) is 3.42. The third-order valence-corrected chi connectivity index (χ3v) is 6.88. The number of rotatable bonds is 10. The number of likely N-dealkylation sites (tertiary alicyclic amines) is 1. The molecule has 4 rings (SSSR count). The number of urea groups is 1. The topological polar surface area (TPSA) is 91.3 Å². The Bertz CT molecular complexity index is 1060. The molecule has 2 aromatic rings. The lowest BCUT2D eigenvalue weighted by atomic mass is 9.96. The van der Waals surface area contributed by atoms with E-state index >= 15 is 0 Å². The fourth-order valence-electron chi connectivity index (χ4n) is 4.77. The summed E-state index contributed by atoms with van der Waals surface area (Å²) in [5.41, 5.74) is 2.69. The van der Waals surface area contributed by atoms with Crippen molar-refractivity contribution < 1.29 is 24.2 Å². The minimum atomic E-state index is -0.813. The van der Waals surface area contributed by atoms with Crippen LogP contribution in [-0.4, -0.2) is 71.8 Å². The Labute approximate surface area is 213 Å². The number of ether oxygens (including phenoxy) is 2. The molecule has 0 aliphatic carbocycles. The summed E-state index contributed by atoms with van der Waals surface area (Å²) < 4.78 is 11.8. The zero-order valence-corrected chi connectivity index (χ0v) is 21.3. The maximum Gasteiger partial charge on any atom is 0.324 e. The molecule has 2 aromatic carbocycles. The third kappa shape index (κ3) is 7.21. The number of carbonyl (C=O) groups is 2. The fraction of sp³-hybridized carbons (Fsp3) is 0.500. The second kappa shape index (κ2) is 11.8. The molecule has 0 saturated carbocycles. The van der Waals surface area contributed by atoms with E-state index in [1.54, 1.807) is 0 Å². The van der Waals surface area contributed by atoms with Gasteiger partial charge in [0.05, 0.1) is 12.2 Å². The van der Waals surface area contributed by atoms with E-state index in [0.29, 0.717) is 32.6 Å². The molecular formula is C28H37N3O5. The van der Waals surface area contributed by atoms with Crippen molar-refractivity contribution in [3.8, 4) is 11.5 Å². The molecule has 194 valence electrons. The molecule has 1 atom stereocenters.